The van der Waals surface area contributed by atoms with Crippen LogP contribution in [0, 0.1) is 23.5 Å². The average molecular weight is 431 g/mol. The van der Waals surface area contributed by atoms with Gasteiger partial charge in [0.15, 0.2) is 11.6 Å². The molecule has 2 aliphatic rings. The van der Waals surface area contributed by atoms with E-state index in [4.69, 9.17) is 0 Å². The first kappa shape index (κ1) is 21.4. The second-order valence-corrected chi connectivity index (χ2v) is 9.81. The van der Waals surface area contributed by atoms with Crippen LogP contribution in [0.3, 0.4) is 0 Å². The van der Waals surface area contributed by atoms with Crippen LogP contribution in [-0.4, -0.2) is 0 Å². The Bertz CT molecular complexity index is 1020. The molecule has 0 unspecified atom stereocenters. The minimum absolute atomic E-state index is 0.302. The highest BCUT2D eigenvalue weighted by Crippen LogP contribution is 2.43. The van der Waals surface area contributed by atoms with E-state index in [9.17, 15) is 8.78 Å². The Morgan fingerprint density at radius 2 is 1.09 bits per heavy atom. The fourth-order valence-corrected chi connectivity index (χ4v) is 6.05. The summed E-state index contributed by atoms with van der Waals surface area (Å²) in [6.07, 6.45) is 12.7. The summed E-state index contributed by atoms with van der Waals surface area (Å²) >= 11 is 0. The molecule has 0 radical (unpaired) electrons. The van der Waals surface area contributed by atoms with Crippen molar-refractivity contribution in [1.29, 1.82) is 0 Å². The van der Waals surface area contributed by atoms with E-state index < -0.39 is 11.6 Å². The standard InChI is InChI=1S/C30H32F2/c31-29-8-4-7-28(30(29)32)27-19-17-26(18-20-27)25-15-13-24(14-16-25)23-11-9-22(10-12-23)21-5-2-1-3-6-21/h4,7-8,13-23H,1-3,5-6,9-12H2. The Morgan fingerprint density at radius 1 is 0.531 bits per heavy atom. The van der Waals surface area contributed by atoms with Gasteiger partial charge >= 0.3 is 0 Å². The molecule has 0 heterocycles. The quantitative estimate of drug-likeness (QED) is 0.387. The van der Waals surface area contributed by atoms with Crippen LogP contribution < -0.4 is 0 Å². The molecule has 5 rings (SSSR count). The summed E-state index contributed by atoms with van der Waals surface area (Å²) in [4.78, 5) is 0. The van der Waals surface area contributed by atoms with Crippen LogP contribution in [0.1, 0.15) is 69.3 Å². The number of hydrogen-bond acceptors (Lipinski definition) is 0. The molecule has 0 atom stereocenters. The topological polar surface area (TPSA) is 0 Å². The summed E-state index contributed by atoms with van der Waals surface area (Å²) in [5.41, 5.74) is 4.72. The van der Waals surface area contributed by atoms with Gasteiger partial charge in [0.2, 0.25) is 0 Å². The maximum absolute atomic E-state index is 14.1. The van der Waals surface area contributed by atoms with Crippen LogP contribution in [0.25, 0.3) is 22.3 Å². The van der Waals surface area contributed by atoms with Crippen molar-refractivity contribution in [2.45, 2.75) is 63.7 Å². The molecule has 2 heteroatoms. The van der Waals surface area contributed by atoms with Gasteiger partial charge in [0.1, 0.15) is 0 Å². The molecule has 0 saturated heterocycles. The maximum atomic E-state index is 14.1. The third-order valence-corrected chi connectivity index (χ3v) is 7.95. The molecule has 3 aromatic carbocycles. The van der Waals surface area contributed by atoms with Crippen LogP contribution in [0.2, 0.25) is 0 Å². The summed E-state index contributed by atoms with van der Waals surface area (Å²) in [6, 6.07) is 21.0. The Labute approximate surface area is 190 Å². The van der Waals surface area contributed by atoms with Gasteiger partial charge in [-0.2, -0.15) is 0 Å². The third kappa shape index (κ3) is 4.51. The van der Waals surface area contributed by atoms with Crippen molar-refractivity contribution in [3.05, 3.63) is 83.9 Å². The number of hydrogen-bond donors (Lipinski definition) is 0. The van der Waals surface area contributed by atoms with Gasteiger partial charge in [-0.25, -0.2) is 8.78 Å². The van der Waals surface area contributed by atoms with Crippen LogP contribution in [0.4, 0.5) is 8.78 Å². The highest BCUT2D eigenvalue weighted by Gasteiger charge is 2.29. The highest BCUT2D eigenvalue weighted by atomic mass is 19.2. The minimum atomic E-state index is -0.810. The molecule has 2 fully saturated rings. The molecule has 2 saturated carbocycles. The fourth-order valence-electron chi connectivity index (χ4n) is 6.05. The van der Waals surface area contributed by atoms with Gasteiger partial charge in [0, 0.05) is 5.56 Å². The van der Waals surface area contributed by atoms with E-state index in [1.54, 1.807) is 12.1 Å². The van der Waals surface area contributed by atoms with Gasteiger partial charge in [-0.1, -0.05) is 92.8 Å². The first-order valence-corrected chi connectivity index (χ1v) is 12.3. The lowest BCUT2D eigenvalue weighted by Crippen LogP contribution is -2.23. The number of halogens is 2. The molecule has 0 nitrogen and oxygen atoms in total. The lowest BCUT2D eigenvalue weighted by atomic mass is 9.70. The number of benzene rings is 3. The van der Waals surface area contributed by atoms with E-state index in [1.165, 1.54) is 63.4 Å². The third-order valence-electron chi connectivity index (χ3n) is 7.95. The first-order valence-electron chi connectivity index (χ1n) is 12.3. The summed E-state index contributed by atoms with van der Waals surface area (Å²) in [5.74, 6) is 1.06. The molecule has 0 aliphatic heterocycles. The van der Waals surface area contributed by atoms with Gasteiger partial charge in [-0.3, -0.25) is 0 Å². The first-order chi connectivity index (χ1) is 15.7. The van der Waals surface area contributed by atoms with E-state index in [0.717, 1.165) is 29.0 Å². The minimum Gasteiger partial charge on any atom is -0.204 e. The summed E-state index contributed by atoms with van der Waals surface area (Å²) in [5, 5.41) is 0. The normalized spacial score (nSPS) is 22.1. The zero-order valence-corrected chi connectivity index (χ0v) is 18.7. The number of rotatable bonds is 4. The molecule has 2 aliphatic carbocycles. The van der Waals surface area contributed by atoms with Crippen molar-refractivity contribution >= 4 is 0 Å². The van der Waals surface area contributed by atoms with Crippen LogP contribution in [0.5, 0.6) is 0 Å². The largest absolute Gasteiger partial charge is 0.204 e. The van der Waals surface area contributed by atoms with E-state index in [0.29, 0.717) is 17.0 Å². The summed E-state index contributed by atoms with van der Waals surface area (Å²) in [7, 11) is 0. The summed E-state index contributed by atoms with van der Waals surface area (Å²) < 4.78 is 27.6. The molecule has 0 amide bonds. The molecule has 0 aromatic heterocycles. The zero-order valence-electron chi connectivity index (χ0n) is 18.7. The van der Waals surface area contributed by atoms with Crippen molar-refractivity contribution in [2.24, 2.45) is 11.8 Å². The fraction of sp³-hybridized carbons (Fsp3) is 0.400. The Kier molecular flexibility index (Phi) is 6.39. The monoisotopic (exact) mass is 430 g/mol. The van der Waals surface area contributed by atoms with Crippen molar-refractivity contribution in [3.63, 3.8) is 0 Å². The van der Waals surface area contributed by atoms with E-state index in [-0.39, 0.29) is 0 Å². The second-order valence-electron chi connectivity index (χ2n) is 9.81. The molecule has 0 N–H and O–H groups in total. The van der Waals surface area contributed by atoms with Crippen molar-refractivity contribution < 1.29 is 8.78 Å². The molecule has 0 bridgehead atoms. The predicted octanol–water partition coefficient (Wildman–Crippen LogP) is 9.15. The van der Waals surface area contributed by atoms with Gasteiger partial charge in [-0.05, 0) is 71.8 Å². The lowest BCUT2D eigenvalue weighted by molar-refractivity contribution is 0.186. The molecule has 3 aromatic rings. The Morgan fingerprint density at radius 3 is 1.75 bits per heavy atom. The average Bonchev–Trinajstić information content (AvgIpc) is 2.87. The lowest BCUT2D eigenvalue weighted by Gasteiger charge is -2.36. The van der Waals surface area contributed by atoms with Crippen molar-refractivity contribution in [1.82, 2.24) is 0 Å². The molecule has 0 spiro atoms. The maximum Gasteiger partial charge on any atom is 0.166 e. The van der Waals surface area contributed by atoms with Crippen LogP contribution >= 0.6 is 0 Å². The van der Waals surface area contributed by atoms with E-state index in [1.807, 2.05) is 24.3 Å². The van der Waals surface area contributed by atoms with Gasteiger partial charge in [-0.15, -0.1) is 0 Å². The van der Waals surface area contributed by atoms with Gasteiger partial charge < -0.3 is 0 Å². The van der Waals surface area contributed by atoms with Crippen molar-refractivity contribution in [3.8, 4) is 22.3 Å². The van der Waals surface area contributed by atoms with E-state index in [2.05, 4.69) is 24.3 Å². The van der Waals surface area contributed by atoms with Gasteiger partial charge in [0.05, 0.1) is 0 Å². The smallest absolute Gasteiger partial charge is 0.166 e. The van der Waals surface area contributed by atoms with Crippen LogP contribution in [0.15, 0.2) is 66.7 Å². The van der Waals surface area contributed by atoms with Gasteiger partial charge in [0.25, 0.3) is 0 Å². The predicted molar refractivity (Wildman–Crippen MR) is 129 cm³/mol. The second kappa shape index (κ2) is 9.57. The molecule has 32 heavy (non-hydrogen) atoms. The Balaban J connectivity index is 1.23. The summed E-state index contributed by atoms with van der Waals surface area (Å²) in [6.45, 7) is 0. The molecular weight excluding hydrogens is 398 g/mol. The SMILES string of the molecule is Fc1cccc(-c2ccc(-c3ccc(C4CCC(C5CCCCC5)CC4)cc3)cc2)c1F. The van der Waals surface area contributed by atoms with Crippen molar-refractivity contribution in [2.75, 3.05) is 0 Å². The van der Waals surface area contributed by atoms with Crippen LogP contribution in [-0.2, 0) is 0 Å². The molecule has 166 valence electrons. The Hall–Kier alpha value is -2.48. The van der Waals surface area contributed by atoms with E-state index >= 15 is 0 Å². The molecular formula is C30H32F2. The zero-order chi connectivity index (χ0) is 21.9. The highest BCUT2D eigenvalue weighted by molar-refractivity contribution is 5.71.